The van der Waals surface area contributed by atoms with Gasteiger partial charge in [-0.05, 0) is 71.1 Å². The number of para-hydroxylation sites is 1. The molecule has 0 radical (unpaired) electrons. The van der Waals surface area contributed by atoms with E-state index in [1.807, 2.05) is 30.3 Å². The number of tetrazole rings is 1. The predicted molar refractivity (Wildman–Crippen MR) is 116 cm³/mol. The van der Waals surface area contributed by atoms with E-state index in [9.17, 15) is 4.79 Å². The van der Waals surface area contributed by atoms with Crippen molar-refractivity contribution in [2.75, 3.05) is 11.1 Å². The first-order chi connectivity index (χ1) is 14.7. The van der Waals surface area contributed by atoms with Crippen LogP contribution in [0.15, 0.2) is 84.0 Å². The van der Waals surface area contributed by atoms with Gasteiger partial charge in [0.2, 0.25) is 11.1 Å². The number of halogens is 1. The molecule has 0 aliphatic heterocycles. The molecule has 0 bridgehead atoms. The number of carbonyl (C=O) groups is 1. The highest BCUT2D eigenvalue weighted by Crippen LogP contribution is 2.24. The lowest BCUT2D eigenvalue weighted by Crippen LogP contribution is -2.14. The molecule has 0 saturated heterocycles. The fraction of sp³-hybridized carbons (Fsp3) is 0.0476. The largest absolute Gasteiger partial charge is 0.457 e. The minimum atomic E-state index is -0.158. The van der Waals surface area contributed by atoms with Crippen LogP contribution in [0.1, 0.15) is 0 Å². The molecule has 7 nitrogen and oxygen atoms in total. The Morgan fingerprint density at radius 3 is 2.33 bits per heavy atom. The van der Waals surface area contributed by atoms with Crippen LogP contribution < -0.4 is 10.1 Å². The zero-order valence-corrected chi connectivity index (χ0v) is 17.2. The van der Waals surface area contributed by atoms with Crippen LogP contribution in [0.4, 0.5) is 5.69 Å². The van der Waals surface area contributed by atoms with Crippen LogP contribution in [0.2, 0.25) is 5.02 Å². The van der Waals surface area contributed by atoms with E-state index in [-0.39, 0.29) is 11.7 Å². The van der Waals surface area contributed by atoms with Crippen molar-refractivity contribution < 1.29 is 9.53 Å². The van der Waals surface area contributed by atoms with Gasteiger partial charge in [0.1, 0.15) is 11.5 Å². The zero-order chi connectivity index (χ0) is 20.8. The number of rotatable bonds is 7. The van der Waals surface area contributed by atoms with Crippen molar-refractivity contribution in [3.63, 3.8) is 0 Å². The molecule has 1 amide bonds. The number of benzene rings is 3. The van der Waals surface area contributed by atoms with Crippen molar-refractivity contribution in [2.45, 2.75) is 5.16 Å². The van der Waals surface area contributed by atoms with Crippen LogP contribution in [0.25, 0.3) is 5.69 Å². The van der Waals surface area contributed by atoms with E-state index < -0.39 is 0 Å². The topological polar surface area (TPSA) is 81.9 Å². The van der Waals surface area contributed by atoms with Gasteiger partial charge in [-0.15, -0.1) is 5.10 Å². The van der Waals surface area contributed by atoms with Gasteiger partial charge < -0.3 is 10.1 Å². The molecule has 4 aromatic rings. The molecule has 4 rings (SSSR count). The Morgan fingerprint density at radius 1 is 0.967 bits per heavy atom. The minimum Gasteiger partial charge on any atom is -0.457 e. The highest BCUT2D eigenvalue weighted by molar-refractivity contribution is 7.99. The van der Waals surface area contributed by atoms with Crippen molar-refractivity contribution in [3.8, 4) is 17.2 Å². The molecule has 9 heteroatoms. The SMILES string of the molecule is O=C(CSc1nnnn1-c1ccccc1)Nc1ccc(Oc2ccc(Cl)cc2)cc1. The Balaban J connectivity index is 1.31. The molecule has 0 saturated carbocycles. The lowest BCUT2D eigenvalue weighted by atomic mass is 10.3. The van der Waals surface area contributed by atoms with Crippen LogP contribution in [-0.2, 0) is 4.79 Å². The lowest BCUT2D eigenvalue weighted by Gasteiger charge is -2.08. The molecule has 30 heavy (non-hydrogen) atoms. The van der Waals surface area contributed by atoms with Gasteiger partial charge in [0.05, 0.1) is 11.4 Å². The third-order valence-corrected chi connectivity index (χ3v) is 5.13. The van der Waals surface area contributed by atoms with Gasteiger partial charge in [-0.3, -0.25) is 4.79 Å². The molecule has 0 aliphatic rings. The third kappa shape index (κ3) is 5.16. The van der Waals surface area contributed by atoms with E-state index in [0.717, 1.165) is 5.69 Å². The van der Waals surface area contributed by atoms with E-state index in [1.165, 1.54) is 11.8 Å². The Labute approximate surface area is 182 Å². The summed E-state index contributed by atoms with van der Waals surface area (Å²) in [7, 11) is 0. The number of nitrogens with zero attached hydrogens (tertiary/aromatic N) is 4. The van der Waals surface area contributed by atoms with Gasteiger partial charge in [0, 0.05) is 10.7 Å². The molecular formula is C21H16ClN5O2S. The standard InChI is InChI=1S/C21H16ClN5O2S/c22-15-6-10-18(11-7-15)29-19-12-8-16(9-13-19)23-20(28)14-30-21-24-25-26-27(21)17-4-2-1-3-5-17/h1-13H,14H2,(H,23,28). The van der Waals surface area contributed by atoms with Crippen LogP contribution in [0.3, 0.4) is 0 Å². The maximum absolute atomic E-state index is 12.3. The van der Waals surface area contributed by atoms with Gasteiger partial charge >= 0.3 is 0 Å². The number of ether oxygens (including phenoxy) is 1. The quantitative estimate of drug-likeness (QED) is 0.416. The van der Waals surface area contributed by atoms with E-state index in [2.05, 4.69) is 20.8 Å². The fourth-order valence-electron chi connectivity index (χ4n) is 2.57. The fourth-order valence-corrected chi connectivity index (χ4v) is 3.39. The number of aromatic nitrogens is 4. The van der Waals surface area contributed by atoms with Gasteiger partial charge in [0.15, 0.2) is 0 Å². The summed E-state index contributed by atoms with van der Waals surface area (Å²) in [5.41, 5.74) is 1.51. The molecule has 3 aromatic carbocycles. The number of nitrogens with one attached hydrogen (secondary N) is 1. The smallest absolute Gasteiger partial charge is 0.234 e. The Hall–Kier alpha value is -3.36. The van der Waals surface area contributed by atoms with E-state index in [0.29, 0.717) is 27.4 Å². The molecule has 0 fully saturated rings. The number of carbonyl (C=O) groups excluding carboxylic acids is 1. The lowest BCUT2D eigenvalue weighted by molar-refractivity contribution is -0.113. The second-order valence-corrected chi connectivity index (χ2v) is 7.50. The molecule has 0 atom stereocenters. The number of hydrogen-bond acceptors (Lipinski definition) is 6. The summed E-state index contributed by atoms with van der Waals surface area (Å²) in [6.45, 7) is 0. The summed E-state index contributed by atoms with van der Waals surface area (Å²) in [5, 5.41) is 15.7. The van der Waals surface area contributed by atoms with E-state index in [4.69, 9.17) is 16.3 Å². The summed E-state index contributed by atoms with van der Waals surface area (Å²) in [5.74, 6) is 1.36. The Bertz CT molecular complexity index is 1120. The molecule has 0 spiro atoms. The maximum atomic E-state index is 12.3. The van der Waals surface area contributed by atoms with Gasteiger partial charge in [-0.2, -0.15) is 4.68 Å². The average molecular weight is 438 g/mol. The molecule has 0 aliphatic carbocycles. The first-order valence-electron chi connectivity index (χ1n) is 8.97. The molecule has 1 heterocycles. The zero-order valence-electron chi connectivity index (χ0n) is 15.6. The monoisotopic (exact) mass is 437 g/mol. The van der Waals surface area contributed by atoms with Crippen molar-refractivity contribution in [1.29, 1.82) is 0 Å². The summed E-state index contributed by atoms with van der Waals surface area (Å²) < 4.78 is 7.34. The van der Waals surface area contributed by atoms with E-state index in [1.54, 1.807) is 53.2 Å². The number of hydrogen-bond donors (Lipinski definition) is 1. The summed E-state index contributed by atoms with van der Waals surface area (Å²) in [6.07, 6.45) is 0. The van der Waals surface area contributed by atoms with Crippen LogP contribution in [0, 0.1) is 0 Å². The second kappa shape index (κ2) is 9.43. The van der Waals surface area contributed by atoms with Gasteiger partial charge in [0.25, 0.3) is 0 Å². The second-order valence-electron chi connectivity index (χ2n) is 6.13. The first kappa shape index (κ1) is 19.9. The summed E-state index contributed by atoms with van der Waals surface area (Å²) >= 11 is 7.13. The van der Waals surface area contributed by atoms with Crippen LogP contribution in [-0.4, -0.2) is 31.9 Å². The van der Waals surface area contributed by atoms with Crippen molar-refractivity contribution >= 4 is 35.0 Å². The normalized spacial score (nSPS) is 10.6. The number of amides is 1. The average Bonchev–Trinajstić information content (AvgIpc) is 3.25. The van der Waals surface area contributed by atoms with Crippen molar-refractivity contribution in [3.05, 3.63) is 83.9 Å². The van der Waals surface area contributed by atoms with Crippen molar-refractivity contribution in [1.82, 2.24) is 20.2 Å². The highest BCUT2D eigenvalue weighted by Gasteiger charge is 2.11. The molecule has 1 aromatic heterocycles. The maximum Gasteiger partial charge on any atom is 0.234 e. The van der Waals surface area contributed by atoms with Crippen LogP contribution >= 0.6 is 23.4 Å². The van der Waals surface area contributed by atoms with Gasteiger partial charge in [-0.25, -0.2) is 0 Å². The Morgan fingerprint density at radius 2 is 1.63 bits per heavy atom. The third-order valence-electron chi connectivity index (χ3n) is 3.96. The Kier molecular flexibility index (Phi) is 6.26. The van der Waals surface area contributed by atoms with Crippen molar-refractivity contribution in [2.24, 2.45) is 0 Å². The number of thioether (sulfide) groups is 1. The van der Waals surface area contributed by atoms with E-state index >= 15 is 0 Å². The van der Waals surface area contributed by atoms with Crippen LogP contribution in [0.5, 0.6) is 11.5 Å². The number of anilines is 1. The molecule has 0 unspecified atom stereocenters. The van der Waals surface area contributed by atoms with Gasteiger partial charge in [-0.1, -0.05) is 41.6 Å². The highest BCUT2D eigenvalue weighted by atomic mass is 35.5. The predicted octanol–water partition coefficient (Wildman–Crippen LogP) is 4.84. The summed E-state index contributed by atoms with van der Waals surface area (Å²) in [4.78, 5) is 12.3. The summed E-state index contributed by atoms with van der Waals surface area (Å²) in [6, 6.07) is 23.7. The molecular weight excluding hydrogens is 422 g/mol. The molecule has 150 valence electrons. The minimum absolute atomic E-state index is 0.158. The first-order valence-corrected chi connectivity index (χ1v) is 10.3. The molecule has 1 N–H and O–H groups in total.